The fourth-order valence-electron chi connectivity index (χ4n) is 3.80. The molecule has 1 N–H and O–H groups in total. The van der Waals surface area contributed by atoms with Gasteiger partial charge in [-0.25, -0.2) is 4.98 Å². The Kier molecular flexibility index (Phi) is 3.68. The van der Waals surface area contributed by atoms with Gasteiger partial charge in [-0.05, 0) is 45.6 Å². The van der Waals surface area contributed by atoms with Crippen molar-refractivity contribution in [3.05, 3.63) is 34.8 Å². The van der Waals surface area contributed by atoms with Gasteiger partial charge in [-0.1, -0.05) is 0 Å². The molecule has 2 aliphatic heterocycles. The molecule has 7 nitrogen and oxygen atoms in total. The molecule has 2 aliphatic rings. The maximum absolute atomic E-state index is 12.8. The smallest absolute Gasteiger partial charge is 0.257 e. The fourth-order valence-corrected chi connectivity index (χ4v) is 3.80. The van der Waals surface area contributed by atoms with Crippen LogP contribution in [0.25, 0.3) is 0 Å². The topological polar surface area (TPSA) is 84.2 Å². The largest absolute Gasteiger partial charge is 0.466 e. The third kappa shape index (κ3) is 2.62. The first-order valence-electron chi connectivity index (χ1n) is 8.42. The molecular formula is C17H22N4O3. The molecule has 7 heteroatoms. The molecule has 0 unspecified atom stereocenters. The summed E-state index contributed by atoms with van der Waals surface area (Å²) in [7, 11) is 0. The van der Waals surface area contributed by atoms with E-state index in [9.17, 15) is 4.79 Å². The Bertz CT molecular complexity index is 766. The standard InChI is InChI=1S/C17H22N4O3/c1-9-6-13(10(2)23-9)17(22)21-5-4-12-7-14(24-15(12)8-21)16-18-11(3)19-20-16/h6,12,14-15H,4-5,7-8H2,1-3H3,(H,18,19,20)/t12-,14+,15+/m1/s1. The lowest BCUT2D eigenvalue weighted by Gasteiger charge is -2.34. The number of aromatic nitrogens is 3. The lowest BCUT2D eigenvalue weighted by Crippen LogP contribution is -2.45. The number of nitrogens with zero attached hydrogens (tertiary/aromatic N) is 3. The van der Waals surface area contributed by atoms with E-state index in [0.29, 0.717) is 23.8 Å². The highest BCUT2D eigenvalue weighted by molar-refractivity contribution is 5.95. The van der Waals surface area contributed by atoms with Gasteiger partial charge in [0, 0.05) is 13.1 Å². The van der Waals surface area contributed by atoms with E-state index < -0.39 is 0 Å². The molecule has 0 aliphatic carbocycles. The Morgan fingerprint density at radius 2 is 2.21 bits per heavy atom. The first kappa shape index (κ1) is 15.4. The highest BCUT2D eigenvalue weighted by atomic mass is 16.5. The summed E-state index contributed by atoms with van der Waals surface area (Å²) in [5, 5.41) is 7.09. The number of carbonyl (C=O) groups excluding carboxylic acids is 1. The SMILES string of the molecule is Cc1nc([C@@H]2C[C@H]3CCN(C(=O)c4cc(C)oc4C)C[C@@H]3O2)n[nH]1. The van der Waals surface area contributed by atoms with Crippen LogP contribution in [0, 0.1) is 26.7 Å². The molecule has 4 heterocycles. The second kappa shape index (κ2) is 5.73. The molecule has 0 saturated carbocycles. The van der Waals surface area contributed by atoms with Crippen LogP contribution in [-0.2, 0) is 4.74 Å². The van der Waals surface area contributed by atoms with Gasteiger partial charge in [0.25, 0.3) is 5.91 Å². The molecule has 128 valence electrons. The van der Waals surface area contributed by atoms with Crippen molar-refractivity contribution in [2.24, 2.45) is 5.92 Å². The minimum absolute atomic E-state index is 0.0311. The molecule has 2 aromatic heterocycles. The van der Waals surface area contributed by atoms with Gasteiger partial charge in [-0.2, -0.15) is 5.10 Å². The molecule has 2 fully saturated rings. The normalized spacial score (nSPS) is 26.6. The van der Waals surface area contributed by atoms with Crippen LogP contribution in [0.5, 0.6) is 0 Å². The van der Waals surface area contributed by atoms with Crippen molar-refractivity contribution < 1.29 is 13.9 Å². The van der Waals surface area contributed by atoms with Crippen molar-refractivity contribution in [1.29, 1.82) is 0 Å². The highest BCUT2D eigenvalue weighted by Crippen LogP contribution is 2.40. The van der Waals surface area contributed by atoms with E-state index in [1.807, 2.05) is 31.7 Å². The molecule has 24 heavy (non-hydrogen) atoms. The number of ether oxygens (including phenoxy) is 1. The van der Waals surface area contributed by atoms with E-state index >= 15 is 0 Å². The van der Waals surface area contributed by atoms with Crippen LogP contribution in [0.2, 0.25) is 0 Å². The Labute approximate surface area is 140 Å². The summed E-state index contributed by atoms with van der Waals surface area (Å²) in [5.41, 5.74) is 0.657. The summed E-state index contributed by atoms with van der Waals surface area (Å²) in [5.74, 6) is 3.46. The number of hydrogen-bond acceptors (Lipinski definition) is 5. The number of carbonyl (C=O) groups is 1. The molecule has 1 amide bonds. The van der Waals surface area contributed by atoms with E-state index in [4.69, 9.17) is 9.15 Å². The van der Waals surface area contributed by atoms with Crippen LogP contribution >= 0.6 is 0 Å². The van der Waals surface area contributed by atoms with Gasteiger partial charge in [0.2, 0.25) is 0 Å². The van der Waals surface area contributed by atoms with Crippen molar-refractivity contribution in [3.63, 3.8) is 0 Å². The molecule has 0 radical (unpaired) electrons. The second-order valence-electron chi connectivity index (χ2n) is 6.80. The zero-order valence-electron chi connectivity index (χ0n) is 14.2. The van der Waals surface area contributed by atoms with Crippen LogP contribution in [0.4, 0.5) is 0 Å². The Morgan fingerprint density at radius 1 is 1.38 bits per heavy atom. The predicted molar refractivity (Wildman–Crippen MR) is 85.5 cm³/mol. The number of amides is 1. The zero-order chi connectivity index (χ0) is 16.8. The fraction of sp³-hybridized carbons (Fsp3) is 0.588. The molecule has 2 aromatic rings. The summed E-state index contributed by atoms with van der Waals surface area (Å²) in [6, 6.07) is 1.82. The minimum Gasteiger partial charge on any atom is -0.466 e. The third-order valence-corrected chi connectivity index (χ3v) is 5.01. The Balaban J connectivity index is 1.46. The molecular weight excluding hydrogens is 308 g/mol. The molecule has 0 aromatic carbocycles. The summed E-state index contributed by atoms with van der Waals surface area (Å²) >= 11 is 0. The van der Waals surface area contributed by atoms with E-state index in [0.717, 1.165) is 36.8 Å². The zero-order valence-corrected chi connectivity index (χ0v) is 14.2. The van der Waals surface area contributed by atoms with Gasteiger partial charge in [0.15, 0.2) is 5.82 Å². The van der Waals surface area contributed by atoms with E-state index in [1.54, 1.807) is 0 Å². The lowest BCUT2D eigenvalue weighted by molar-refractivity contribution is -0.00687. The number of likely N-dealkylation sites (tertiary alicyclic amines) is 1. The summed E-state index contributed by atoms with van der Waals surface area (Å²) in [4.78, 5) is 19.0. The number of rotatable bonds is 2. The average Bonchev–Trinajstić information content (AvgIpc) is 3.23. The minimum atomic E-state index is -0.0714. The average molecular weight is 330 g/mol. The van der Waals surface area contributed by atoms with Crippen molar-refractivity contribution in [2.75, 3.05) is 13.1 Å². The quantitative estimate of drug-likeness (QED) is 0.913. The first-order chi connectivity index (χ1) is 11.5. The number of fused-ring (bicyclic) bond motifs is 1. The van der Waals surface area contributed by atoms with Crippen LogP contribution in [0.1, 0.15) is 52.5 Å². The number of hydrogen-bond donors (Lipinski definition) is 1. The van der Waals surface area contributed by atoms with Gasteiger partial charge in [-0.3, -0.25) is 9.89 Å². The van der Waals surface area contributed by atoms with Crippen LogP contribution in [0.3, 0.4) is 0 Å². The molecule has 0 bridgehead atoms. The summed E-state index contributed by atoms with van der Waals surface area (Å²) < 4.78 is 11.6. The van der Waals surface area contributed by atoms with Crippen LogP contribution < -0.4 is 0 Å². The molecule has 2 saturated heterocycles. The van der Waals surface area contributed by atoms with Gasteiger partial charge in [-0.15, -0.1) is 0 Å². The number of furan rings is 1. The Morgan fingerprint density at radius 3 is 2.88 bits per heavy atom. The van der Waals surface area contributed by atoms with Crippen molar-refractivity contribution in [3.8, 4) is 0 Å². The van der Waals surface area contributed by atoms with E-state index in [-0.39, 0.29) is 18.1 Å². The van der Waals surface area contributed by atoms with Gasteiger partial charge < -0.3 is 14.1 Å². The van der Waals surface area contributed by atoms with Crippen molar-refractivity contribution >= 4 is 5.91 Å². The number of H-pyrrole nitrogens is 1. The van der Waals surface area contributed by atoms with Gasteiger partial charge in [0.05, 0.1) is 11.7 Å². The summed E-state index contributed by atoms with van der Waals surface area (Å²) in [6.07, 6.45) is 1.86. The lowest BCUT2D eigenvalue weighted by atomic mass is 9.91. The van der Waals surface area contributed by atoms with Crippen LogP contribution in [0.15, 0.2) is 10.5 Å². The van der Waals surface area contributed by atoms with Crippen molar-refractivity contribution in [1.82, 2.24) is 20.1 Å². The number of nitrogens with one attached hydrogen (secondary N) is 1. The third-order valence-electron chi connectivity index (χ3n) is 5.01. The van der Waals surface area contributed by atoms with Crippen molar-refractivity contribution in [2.45, 2.75) is 45.8 Å². The molecule has 3 atom stereocenters. The van der Waals surface area contributed by atoms with Crippen LogP contribution in [-0.4, -0.2) is 45.2 Å². The van der Waals surface area contributed by atoms with Gasteiger partial charge >= 0.3 is 0 Å². The van der Waals surface area contributed by atoms with Gasteiger partial charge in [0.1, 0.15) is 23.4 Å². The monoisotopic (exact) mass is 330 g/mol. The van der Waals surface area contributed by atoms with E-state index in [2.05, 4.69) is 15.2 Å². The molecule has 0 spiro atoms. The number of piperidine rings is 1. The maximum Gasteiger partial charge on any atom is 0.257 e. The maximum atomic E-state index is 12.8. The first-order valence-corrected chi connectivity index (χ1v) is 8.42. The predicted octanol–water partition coefficient (Wildman–Crippen LogP) is 2.32. The Hall–Kier alpha value is -2.15. The molecule has 4 rings (SSSR count). The number of aryl methyl sites for hydroxylation is 3. The highest BCUT2D eigenvalue weighted by Gasteiger charge is 2.42. The number of aromatic amines is 1. The summed E-state index contributed by atoms with van der Waals surface area (Å²) in [6.45, 7) is 6.95. The second-order valence-corrected chi connectivity index (χ2v) is 6.80. The van der Waals surface area contributed by atoms with E-state index in [1.165, 1.54) is 0 Å².